The number of aryl methyl sites for hydroxylation is 2. The largest absolute Gasteiger partial charge is 0.337 e. The minimum atomic E-state index is 0.106. The van der Waals surface area contributed by atoms with Crippen LogP contribution in [0.4, 0.5) is 0 Å². The molecule has 1 aromatic heterocycles. The Morgan fingerprint density at radius 3 is 2.62 bits per heavy atom. The first kappa shape index (κ1) is 8.29. The summed E-state index contributed by atoms with van der Waals surface area (Å²) in [4.78, 5) is 13.6. The molecule has 0 radical (unpaired) electrons. The van der Waals surface area contributed by atoms with Crippen molar-refractivity contribution in [1.82, 2.24) is 14.7 Å². The van der Waals surface area contributed by atoms with Gasteiger partial charge in [0.15, 0.2) is 0 Å². The standard InChI is InChI=1S/C9H13N3O/c1-7-6-8(11(2)10-7)9(13)12-4-3-5-12/h6H,3-5H2,1-2H3. The fourth-order valence-electron chi connectivity index (χ4n) is 1.49. The van der Waals surface area contributed by atoms with Crippen molar-refractivity contribution >= 4 is 5.91 Å². The Labute approximate surface area is 77.1 Å². The van der Waals surface area contributed by atoms with E-state index in [1.165, 1.54) is 0 Å². The number of aromatic nitrogens is 2. The predicted molar refractivity (Wildman–Crippen MR) is 48.5 cm³/mol. The first-order valence-corrected chi connectivity index (χ1v) is 4.48. The topological polar surface area (TPSA) is 38.1 Å². The molecule has 1 fully saturated rings. The highest BCUT2D eigenvalue weighted by molar-refractivity contribution is 5.93. The van der Waals surface area contributed by atoms with Crippen LogP contribution in [0.5, 0.6) is 0 Å². The van der Waals surface area contributed by atoms with E-state index >= 15 is 0 Å². The first-order valence-electron chi connectivity index (χ1n) is 4.48. The van der Waals surface area contributed by atoms with E-state index in [2.05, 4.69) is 5.10 Å². The van der Waals surface area contributed by atoms with Gasteiger partial charge in [-0.25, -0.2) is 0 Å². The van der Waals surface area contributed by atoms with E-state index in [4.69, 9.17) is 0 Å². The lowest BCUT2D eigenvalue weighted by atomic mass is 10.2. The highest BCUT2D eigenvalue weighted by atomic mass is 16.2. The molecule has 0 bridgehead atoms. The highest BCUT2D eigenvalue weighted by Crippen LogP contribution is 2.12. The van der Waals surface area contributed by atoms with Gasteiger partial charge >= 0.3 is 0 Å². The number of amides is 1. The van der Waals surface area contributed by atoms with Crippen molar-refractivity contribution in [1.29, 1.82) is 0 Å². The molecule has 0 spiro atoms. The van der Waals surface area contributed by atoms with Crippen LogP contribution in [0.2, 0.25) is 0 Å². The zero-order valence-corrected chi connectivity index (χ0v) is 7.95. The zero-order valence-electron chi connectivity index (χ0n) is 7.95. The fraction of sp³-hybridized carbons (Fsp3) is 0.556. The summed E-state index contributed by atoms with van der Waals surface area (Å²) in [6, 6.07) is 1.83. The summed E-state index contributed by atoms with van der Waals surface area (Å²) in [6.07, 6.45) is 1.13. The van der Waals surface area contributed by atoms with Gasteiger partial charge in [0.1, 0.15) is 5.69 Å². The quantitative estimate of drug-likeness (QED) is 0.632. The Balaban J connectivity index is 2.23. The van der Waals surface area contributed by atoms with Gasteiger partial charge in [-0.2, -0.15) is 5.10 Å². The molecule has 70 valence electrons. The molecule has 1 aliphatic rings. The second-order valence-corrected chi connectivity index (χ2v) is 3.44. The summed E-state index contributed by atoms with van der Waals surface area (Å²) < 4.78 is 1.65. The minimum absolute atomic E-state index is 0.106. The van der Waals surface area contributed by atoms with Crippen LogP contribution in [0.1, 0.15) is 22.6 Å². The molecule has 0 atom stereocenters. The monoisotopic (exact) mass is 179 g/mol. The Kier molecular flexibility index (Phi) is 1.83. The summed E-state index contributed by atoms with van der Waals surface area (Å²) >= 11 is 0. The molecule has 1 aliphatic heterocycles. The van der Waals surface area contributed by atoms with Gasteiger partial charge in [-0.1, -0.05) is 0 Å². The van der Waals surface area contributed by atoms with Crippen molar-refractivity contribution in [3.05, 3.63) is 17.5 Å². The van der Waals surface area contributed by atoms with E-state index in [0.717, 1.165) is 25.2 Å². The number of carbonyl (C=O) groups is 1. The SMILES string of the molecule is Cc1cc(C(=O)N2CCC2)n(C)n1. The van der Waals surface area contributed by atoms with E-state index in [9.17, 15) is 4.79 Å². The molecule has 2 heterocycles. The normalized spacial score (nSPS) is 15.7. The van der Waals surface area contributed by atoms with Gasteiger partial charge < -0.3 is 4.90 Å². The van der Waals surface area contributed by atoms with Crippen LogP contribution in [0.25, 0.3) is 0 Å². The Morgan fingerprint density at radius 2 is 2.23 bits per heavy atom. The molecule has 4 heteroatoms. The van der Waals surface area contributed by atoms with Crippen LogP contribution in [0.15, 0.2) is 6.07 Å². The molecule has 0 aromatic carbocycles. The molecule has 4 nitrogen and oxygen atoms in total. The summed E-state index contributed by atoms with van der Waals surface area (Å²) in [5, 5.41) is 4.14. The van der Waals surface area contributed by atoms with E-state index in [-0.39, 0.29) is 5.91 Å². The van der Waals surface area contributed by atoms with Crippen molar-refractivity contribution < 1.29 is 4.79 Å². The average molecular weight is 179 g/mol. The second-order valence-electron chi connectivity index (χ2n) is 3.44. The third-order valence-corrected chi connectivity index (χ3v) is 2.36. The van der Waals surface area contributed by atoms with Crippen molar-refractivity contribution in [2.75, 3.05) is 13.1 Å². The van der Waals surface area contributed by atoms with Crippen molar-refractivity contribution in [2.45, 2.75) is 13.3 Å². The number of rotatable bonds is 1. The molecular formula is C9H13N3O. The van der Waals surface area contributed by atoms with Crippen molar-refractivity contribution in [3.8, 4) is 0 Å². The third-order valence-electron chi connectivity index (χ3n) is 2.36. The maximum absolute atomic E-state index is 11.7. The Hall–Kier alpha value is -1.32. The van der Waals surface area contributed by atoms with Crippen LogP contribution >= 0.6 is 0 Å². The van der Waals surface area contributed by atoms with Gasteiger partial charge in [-0.05, 0) is 19.4 Å². The number of hydrogen-bond acceptors (Lipinski definition) is 2. The minimum Gasteiger partial charge on any atom is -0.337 e. The Morgan fingerprint density at radius 1 is 1.54 bits per heavy atom. The van der Waals surface area contributed by atoms with Crippen LogP contribution in [-0.2, 0) is 7.05 Å². The smallest absolute Gasteiger partial charge is 0.272 e. The summed E-state index contributed by atoms with van der Waals surface area (Å²) in [5.74, 6) is 0.106. The van der Waals surface area contributed by atoms with Gasteiger partial charge in [0, 0.05) is 20.1 Å². The molecule has 0 unspecified atom stereocenters. The first-order chi connectivity index (χ1) is 6.18. The van der Waals surface area contributed by atoms with Gasteiger partial charge in [0.05, 0.1) is 5.69 Å². The lowest BCUT2D eigenvalue weighted by Crippen LogP contribution is -2.42. The van der Waals surface area contributed by atoms with Crippen LogP contribution in [0, 0.1) is 6.92 Å². The average Bonchev–Trinajstić information content (AvgIpc) is 2.26. The van der Waals surface area contributed by atoms with Crippen LogP contribution in [0.3, 0.4) is 0 Å². The summed E-state index contributed by atoms with van der Waals surface area (Å²) in [5.41, 5.74) is 1.59. The number of nitrogens with zero attached hydrogens (tertiary/aromatic N) is 3. The number of hydrogen-bond donors (Lipinski definition) is 0. The fourth-order valence-corrected chi connectivity index (χ4v) is 1.49. The van der Waals surface area contributed by atoms with E-state index < -0.39 is 0 Å². The summed E-state index contributed by atoms with van der Waals surface area (Å²) in [7, 11) is 1.81. The molecule has 0 saturated carbocycles. The van der Waals surface area contributed by atoms with Crippen LogP contribution in [-0.4, -0.2) is 33.7 Å². The maximum atomic E-state index is 11.7. The van der Waals surface area contributed by atoms with E-state index in [1.807, 2.05) is 17.9 Å². The van der Waals surface area contributed by atoms with E-state index in [1.54, 1.807) is 11.7 Å². The van der Waals surface area contributed by atoms with Crippen molar-refractivity contribution in [2.24, 2.45) is 7.05 Å². The van der Waals surface area contributed by atoms with Gasteiger partial charge in [0.25, 0.3) is 5.91 Å². The molecular weight excluding hydrogens is 166 g/mol. The second kappa shape index (κ2) is 2.87. The highest BCUT2D eigenvalue weighted by Gasteiger charge is 2.23. The predicted octanol–water partition coefficient (Wildman–Crippen LogP) is 0.574. The van der Waals surface area contributed by atoms with Gasteiger partial charge in [-0.15, -0.1) is 0 Å². The van der Waals surface area contributed by atoms with Gasteiger partial charge in [-0.3, -0.25) is 9.48 Å². The molecule has 1 saturated heterocycles. The number of carbonyl (C=O) groups excluding carboxylic acids is 1. The summed E-state index contributed by atoms with van der Waals surface area (Å²) in [6.45, 7) is 3.68. The van der Waals surface area contributed by atoms with Crippen molar-refractivity contribution in [3.63, 3.8) is 0 Å². The Bertz CT molecular complexity index is 339. The number of likely N-dealkylation sites (tertiary alicyclic amines) is 1. The molecule has 1 amide bonds. The molecule has 13 heavy (non-hydrogen) atoms. The lowest BCUT2D eigenvalue weighted by Gasteiger charge is -2.30. The van der Waals surface area contributed by atoms with E-state index in [0.29, 0.717) is 5.69 Å². The molecule has 2 rings (SSSR count). The van der Waals surface area contributed by atoms with Gasteiger partial charge in [0.2, 0.25) is 0 Å². The lowest BCUT2D eigenvalue weighted by molar-refractivity contribution is 0.0640. The maximum Gasteiger partial charge on any atom is 0.272 e. The molecule has 1 aromatic rings. The molecule has 0 aliphatic carbocycles. The third kappa shape index (κ3) is 1.32. The molecule has 0 N–H and O–H groups in total. The van der Waals surface area contributed by atoms with Crippen LogP contribution < -0.4 is 0 Å². The zero-order chi connectivity index (χ0) is 9.42.